The lowest BCUT2D eigenvalue weighted by atomic mass is 9.88. The lowest BCUT2D eigenvalue weighted by Crippen LogP contribution is -2.68. The summed E-state index contributed by atoms with van der Waals surface area (Å²) >= 11 is 0. The third kappa shape index (κ3) is 27.7. The summed E-state index contributed by atoms with van der Waals surface area (Å²) in [7, 11) is 0. The fraction of sp³-hybridized carbons (Fsp3) is 0.947. The van der Waals surface area contributed by atoms with Crippen molar-refractivity contribution in [2.75, 3.05) is 26.4 Å². The topological polar surface area (TPSA) is 355 Å². The molecule has 2 heterocycles. The summed E-state index contributed by atoms with van der Waals surface area (Å²) in [6.45, 7) is 2.93. The van der Waals surface area contributed by atoms with Gasteiger partial charge >= 0.3 is 5.97 Å². The first-order valence-corrected chi connectivity index (χ1v) is 30.1. The molecule has 78 heavy (non-hydrogen) atoms. The molecule has 15 atom stereocenters. The zero-order valence-corrected chi connectivity index (χ0v) is 47.6. The van der Waals surface area contributed by atoms with Gasteiger partial charge < -0.3 is 90.9 Å². The molecule has 0 aromatic heterocycles. The maximum Gasteiger partial charge on any atom is 0.364 e. The Morgan fingerprint density at radius 1 is 0.628 bits per heavy atom. The van der Waals surface area contributed by atoms with E-state index >= 15 is 0 Å². The van der Waals surface area contributed by atoms with E-state index in [0.717, 1.165) is 57.8 Å². The van der Waals surface area contributed by atoms with Gasteiger partial charge in [0.1, 0.15) is 61.5 Å². The van der Waals surface area contributed by atoms with E-state index in [-0.39, 0.29) is 12.8 Å². The second-order valence-electron chi connectivity index (χ2n) is 22.7. The van der Waals surface area contributed by atoms with Crippen LogP contribution in [0.15, 0.2) is 0 Å². The van der Waals surface area contributed by atoms with Crippen molar-refractivity contribution in [3.8, 4) is 0 Å². The highest BCUT2D eigenvalue weighted by Crippen LogP contribution is 2.35. The molecule has 2 rings (SSSR count). The van der Waals surface area contributed by atoms with Gasteiger partial charge in [-0.15, -0.1) is 0 Å². The summed E-state index contributed by atoms with van der Waals surface area (Å²) < 4.78 is 22.7. The molecule has 460 valence electrons. The molecule has 21 nitrogen and oxygen atoms in total. The van der Waals surface area contributed by atoms with Crippen LogP contribution < -0.4 is 10.6 Å². The number of carboxylic acid groups (broad SMARTS) is 1. The molecule has 0 spiro atoms. The van der Waals surface area contributed by atoms with Crippen molar-refractivity contribution in [1.82, 2.24) is 10.6 Å². The van der Waals surface area contributed by atoms with Crippen molar-refractivity contribution in [2.24, 2.45) is 5.92 Å². The Bertz CT molecular complexity index is 1550. The van der Waals surface area contributed by atoms with Gasteiger partial charge in [-0.3, -0.25) is 9.59 Å². The van der Waals surface area contributed by atoms with Crippen molar-refractivity contribution in [1.29, 1.82) is 0 Å². The number of carbonyl (C=O) groups excluding carboxylic acids is 2. The first-order valence-electron chi connectivity index (χ1n) is 30.1. The van der Waals surface area contributed by atoms with E-state index in [2.05, 4.69) is 31.4 Å². The van der Waals surface area contributed by atoms with Crippen LogP contribution in [0.25, 0.3) is 0 Å². The van der Waals surface area contributed by atoms with Gasteiger partial charge in [0.25, 0.3) is 5.79 Å². The number of carbonyl (C=O) groups is 3. The quantitative estimate of drug-likeness (QED) is 0.0384. The standard InChI is InChI=1S/C57H108N2O19/c1-4-5-6-7-8-9-10-11-12-13-14-15-16-17-18-19-24-27-30-33-42(63)54(72)58-40(48(67)41(62)32-29-26-23-21-20-22-25-28-31-39(2)3)37-75-55-52(71)51(70)50(69)45(77-55)38-76-57(56(73)74)34-43(64)47(59-46(66)36-61)53(78-57)49(68)44(65)35-60/h39-45,47-53,55,60-65,67-71H,4-38H2,1-3H3,(H,58,72)(H,59,66)(H,73,74)/t40-,41+,42+,43-,44+,45+,47+,48-,49+,50+,51-,52+,53+,55+,57+/m0/s1. The van der Waals surface area contributed by atoms with Crippen LogP contribution in [0.1, 0.15) is 220 Å². The largest absolute Gasteiger partial charge is 0.477 e. The molecule has 21 heteroatoms. The zero-order valence-electron chi connectivity index (χ0n) is 47.6. The monoisotopic (exact) mass is 1120 g/mol. The number of aliphatic hydroxyl groups excluding tert-OH is 11. The van der Waals surface area contributed by atoms with E-state index in [9.17, 15) is 75.7 Å². The minimum atomic E-state index is -2.89. The average Bonchev–Trinajstić information content (AvgIpc) is 3.48. The van der Waals surface area contributed by atoms with Gasteiger partial charge in [-0.2, -0.15) is 0 Å². The number of aliphatic hydroxyl groups is 11. The highest BCUT2D eigenvalue weighted by molar-refractivity contribution is 5.80. The highest BCUT2D eigenvalue weighted by atomic mass is 16.7. The normalized spacial score (nSPS) is 26.0. The summed E-state index contributed by atoms with van der Waals surface area (Å²) in [4.78, 5) is 38.3. The van der Waals surface area contributed by atoms with Gasteiger partial charge in [0.05, 0.1) is 44.1 Å². The number of amides is 2. The predicted molar refractivity (Wildman–Crippen MR) is 292 cm³/mol. The molecule has 2 amide bonds. The van der Waals surface area contributed by atoms with Gasteiger partial charge in [-0.1, -0.05) is 201 Å². The molecule has 0 unspecified atom stereocenters. The number of nitrogens with one attached hydrogen (secondary N) is 2. The van der Waals surface area contributed by atoms with Crippen LogP contribution in [0, 0.1) is 5.92 Å². The smallest absolute Gasteiger partial charge is 0.364 e. The van der Waals surface area contributed by atoms with Crippen molar-refractivity contribution >= 4 is 17.8 Å². The zero-order chi connectivity index (χ0) is 57.9. The van der Waals surface area contributed by atoms with E-state index in [4.69, 9.17) is 18.9 Å². The van der Waals surface area contributed by atoms with E-state index in [1.54, 1.807) is 0 Å². The number of aliphatic carboxylic acids is 1. The molecule has 2 fully saturated rings. The molecule has 0 bridgehead atoms. The molecule has 0 saturated carbocycles. The van der Waals surface area contributed by atoms with Gasteiger partial charge in [-0.25, -0.2) is 4.79 Å². The molecule has 0 radical (unpaired) electrons. The van der Waals surface area contributed by atoms with Gasteiger partial charge in [0, 0.05) is 6.42 Å². The summed E-state index contributed by atoms with van der Waals surface area (Å²) in [5.74, 6) is -5.99. The van der Waals surface area contributed by atoms with Crippen molar-refractivity contribution in [2.45, 2.75) is 311 Å². The molecule has 0 aromatic rings. The van der Waals surface area contributed by atoms with Crippen molar-refractivity contribution in [3.63, 3.8) is 0 Å². The third-order valence-electron chi connectivity index (χ3n) is 15.4. The molecular weight excluding hydrogens is 1020 g/mol. The maximum atomic E-state index is 13.4. The molecular formula is C57H108N2O19. The van der Waals surface area contributed by atoms with E-state index in [0.29, 0.717) is 18.8 Å². The Morgan fingerprint density at radius 3 is 1.56 bits per heavy atom. The van der Waals surface area contributed by atoms with Gasteiger partial charge in [-0.05, 0) is 18.8 Å². The van der Waals surface area contributed by atoms with E-state index in [1.807, 2.05) is 0 Å². The number of hydrogen-bond acceptors (Lipinski definition) is 18. The van der Waals surface area contributed by atoms with Crippen LogP contribution in [0.2, 0.25) is 0 Å². The maximum absolute atomic E-state index is 13.4. The summed E-state index contributed by atoms with van der Waals surface area (Å²) in [5, 5.41) is 132. The second-order valence-corrected chi connectivity index (χ2v) is 22.7. The Morgan fingerprint density at radius 2 is 1.10 bits per heavy atom. The van der Waals surface area contributed by atoms with Crippen LogP contribution in [0.5, 0.6) is 0 Å². The summed E-state index contributed by atoms with van der Waals surface area (Å²) in [5.41, 5.74) is 0. The fourth-order valence-electron chi connectivity index (χ4n) is 10.3. The van der Waals surface area contributed by atoms with Crippen molar-refractivity contribution in [3.05, 3.63) is 0 Å². The Kier molecular flexibility index (Phi) is 38.5. The van der Waals surface area contributed by atoms with Crippen LogP contribution in [-0.4, -0.2) is 197 Å². The predicted octanol–water partition coefficient (Wildman–Crippen LogP) is 3.90. The van der Waals surface area contributed by atoms with Crippen LogP contribution in [-0.2, 0) is 33.3 Å². The Balaban J connectivity index is 2.03. The first kappa shape index (κ1) is 71.9. The third-order valence-corrected chi connectivity index (χ3v) is 15.4. The molecule has 14 N–H and O–H groups in total. The molecule has 0 aromatic carbocycles. The van der Waals surface area contributed by atoms with Gasteiger partial charge in [0.2, 0.25) is 11.8 Å². The van der Waals surface area contributed by atoms with Gasteiger partial charge in [0.15, 0.2) is 6.29 Å². The Labute approximate surface area is 465 Å². The van der Waals surface area contributed by atoms with Crippen LogP contribution in [0.3, 0.4) is 0 Å². The Hall–Kier alpha value is -2.19. The number of rotatable bonds is 47. The van der Waals surface area contributed by atoms with E-state index < -0.39 is 142 Å². The minimum absolute atomic E-state index is 0.142. The average molecular weight is 1130 g/mol. The second kappa shape index (κ2) is 41.7. The lowest BCUT2D eigenvalue weighted by molar-refractivity contribution is -0.339. The number of unbranched alkanes of at least 4 members (excludes halogenated alkanes) is 25. The molecule has 2 saturated heterocycles. The van der Waals surface area contributed by atoms with Crippen LogP contribution in [0.4, 0.5) is 0 Å². The molecule has 0 aliphatic carbocycles. The van der Waals surface area contributed by atoms with Crippen molar-refractivity contribution < 1.29 is 94.6 Å². The summed E-state index contributed by atoms with van der Waals surface area (Å²) in [6.07, 6.45) is 9.58. The lowest BCUT2D eigenvalue weighted by Gasteiger charge is -2.47. The fourth-order valence-corrected chi connectivity index (χ4v) is 10.3. The number of carboxylic acids is 1. The molecule has 2 aliphatic heterocycles. The highest BCUT2D eigenvalue weighted by Gasteiger charge is 2.57. The van der Waals surface area contributed by atoms with Crippen LogP contribution >= 0.6 is 0 Å². The minimum Gasteiger partial charge on any atom is -0.477 e. The van der Waals surface area contributed by atoms with E-state index in [1.165, 1.54) is 109 Å². The number of hydrogen-bond donors (Lipinski definition) is 14. The molecule has 2 aliphatic rings. The summed E-state index contributed by atoms with van der Waals surface area (Å²) in [6, 6.07) is -3.03. The first-order chi connectivity index (χ1) is 37.3. The number of ether oxygens (including phenoxy) is 4. The SMILES string of the molecule is CCCCCCCCCCCCCCCCCCCCC[C@@H](O)C(=O)N[C@@H](CO[C@@H]1O[C@H](CO[C@]2(C(=O)O)C[C@H](O)[C@@H](NC(=O)CO)[C@H]([C@H](O)[C@H](O)CO)O2)[C@@H](O)[C@H](O)[C@H]1O)[C@H](O)[C@H](O)CCCCCCCCCCC(C)C.